The number of rotatable bonds is 6. The minimum Gasteiger partial charge on any atom is -0.325 e. The molecule has 0 aliphatic carbocycles. The van der Waals surface area contributed by atoms with Crippen LogP contribution in [0.25, 0.3) is 11.4 Å². The van der Waals surface area contributed by atoms with Crippen molar-refractivity contribution in [3.63, 3.8) is 0 Å². The highest BCUT2D eigenvalue weighted by Gasteiger charge is 2.16. The number of carbonyl (C=O) groups excluding carboxylic acids is 1. The first kappa shape index (κ1) is 19.5. The molecule has 0 saturated carbocycles. The third kappa shape index (κ3) is 4.17. The van der Waals surface area contributed by atoms with Gasteiger partial charge in [0.2, 0.25) is 5.91 Å². The van der Waals surface area contributed by atoms with E-state index in [0.29, 0.717) is 27.8 Å². The standard InChI is InChI=1S/C18H16FN5O3S/c1-11-7-8-12(9-15(11)24(26)27)20-16(25)10-28-18-22-21-17(23(18)2)13-5-3-4-6-14(13)19/h3-9H,10H2,1-2H3,(H,20,25). The number of nitro groups is 1. The largest absolute Gasteiger partial charge is 0.325 e. The summed E-state index contributed by atoms with van der Waals surface area (Å²) in [6.07, 6.45) is 0. The average Bonchev–Trinajstić information content (AvgIpc) is 3.02. The molecule has 0 aliphatic heterocycles. The Hall–Kier alpha value is -3.27. The molecule has 8 nitrogen and oxygen atoms in total. The fourth-order valence-electron chi connectivity index (χ4n) is 2.53. The highest BCUT2D eigenvalue weighted by atomic mass is 32.2. The van der Waals surface area contributed by atoms with Crippen molar-refractivity contribution in [3.8, 4) is 11.4 Å². The zero-order valence-corrected chi connectivity index (χ0v) is 15.9. The lowest BCUT2D eigenvalue weighted by Crippen LogP contribution is -2.14. The summed E-state index contributed by atoms with van der Waals surface area (Å²) in [5.74, 6) is -0.382. The lowest BCUT2D eigenvalue weighted by atomic mass is 10.2. The molecule has 1 heterocycles. The second-order valence-electron chi connectivity index (χ2n) is 5.94. The summed E-state index contributed by atoms with van der Waals surface area (Å²) in [6, 6.07) is 10.7. The Morgan fingerprint density at radius 3 is 2.75 bits per heavy atom. The van der Waals surface area contributed by atoms with Crippen LogP contribution in [0, 0.1) is 22.9 Å². The fourth-order valence-corrected chi connectivity index (χ4v) is 3.24. The van der Waals surface area contributed by atoms with Crippen molar-refractivity contribution in [3.05, 3.63) is 64.0 Å². The first-order valence-corrected chi connectivity index (χ1v) is 9.17. The topological polar surface area (TPSA) is 103 Å². The predicted octanol–water partition coefficient (Wildman–Crippen LogP) is 3.57. The van der Waals surface area contributed by atoms with E-state index in [1.807, 2.05) is 0 Å². The van der Waals surface area contributed by atoms with Crippen LogP contribution in [0.2, 0.25) is 0 Å². The summed E-state index contributed by atoms with van der Waals surface area (Å²) >= 11 is 1.13. The molecule has 0 fully saturated rings. The number of amides is 1. The monoisotopic (exact) mass is 401 g/mol. The summed E-state index contributed by atoms with van der Waals surface area (Å²) in [5.41, 5.74) is 1.11. The molecule has 1 aromatic heterocycles. The number of anilines is 1. The maximum Gasteiger partial charge on any atom is 0.274 e. The van der Waals surface area contributed by atoms with Crippen LogP contribution in [0.5, 0.6) is 0 Å². The van der Waals surface area contributed by atoms with Crippen LogP contribution in [0.1, 0.15) is 5.56 Å². The highest BCUT2D eigenvalue weighted by Crippen LogP contribution is 2.25. The van der Waals surface area contributed by atoms with Crippen LogP contribution < -0.4 is 5.32 Å². The maximum atomic E-state index is 13.9. The van der Waals surface area contributed by atoms with Crippen LogP contribution in [-0.4, -0.2) is 31.3 Å². The van der Waals surface area contributed by atoms with E-state index < -0.39 is 10.7 Å². The molecule has 0 spiro atoms. The first-order chi connectivity index (χ1) is 13.4. The number of aromatic nitrogens is 3. The van der Waals surface area contributed by atoms with Crippen molar-refractivity contribution in [1.82, 2.24) is 14.8 Å². The minimum atomic E-state index is -0.496. The average molecular weight is 401 g/mol. The Kier molecular flexibility index (Phi) is 5.69. The normalized spacial score (nSPS) is 10.7. The molecule has 0 aliphatic rings. The number of carbonyl (C=O) groups is 1. The SMILES string of the molecule is Cc1ccc(NC(=O)CSc2nnc(-c3ccccc3F)n2C)cc1[N+](=O)[O-]. The molecule has 144 valence electrons. The Labute approximate surface area is 163 Å². The quantitative estimate of drug-likeness (QED) is 0.385. The smallest absolute Gasteiger partial charge is 0.274 e. The van der Waals surface area contributed by atoms with Crippen molar-refractivity contribution in [2.75, 3.05) is 11.1 Å². The summed E-state index contributed by atoms with van der Waals surface area (Å²) in [7, 11) is 1.69. The number of thioether (sulfide) groups is 1. The molecule has 2 aromatic carbocycles. The molecule has 0 atom stereocenters. The molecule has 10 heteroatoms. The van der Waals surface area contributed by atoms with E-state index in [1.165, 1.54) is 12.1 Å². The molecule has 0 unspecified atom stereocenters. The van der Waals surface area contributed by atoms with Gasteiger partial charge >= 0.3 is 0 Å². The Bertz CT molecular complexity index is 1050. The van der Waals surface area contributed by atoms with Gasteiger partial charge in [-0.1, -0.05) is 30.0 Å². The van der Waals surface area contributed by atoms with Gasteiger partial charge in [-0.3, -0.25) is 14.9 Å². The van der Waals surface area contributed by atoms with E-state index in [-0.39, 0.29) is 17.3 Å². The van der Waals surface area contributed by atoms with Crippen molar-refractivity contribution < 1.29 is 14.1 Å². The number of nitrogens with zero attached hydrogens (tertiary/aromatic N) is 4. The zero-order chi connectivity index (χ0) is 20.3. The van der Waals surface area contributed by atoms with Crippen LogP contribution in [0.15, 0.2) is 47.6 Å². The second-order valence-corrected chi connectivity index (χ2v) is 6.88. The fraction of sp³-hybridized carbons (Fsp3) is 0.167. The molecule has 1 N–H and O–H groups in total. The van der Waals surface area contributed by atoms with E-state index in [4.69, 9.17) is 0 Å². The Morgan fingerprint density at radius 1 is 1.29 bits per heavy atom. The molecule has 3 rings (SSSR count). The summed E-state index contributed by atoms with van der Waals surface area (Å²) in [5, 5.41) is 22.1. The number of halogens is 1. The third-order valence-corrected chi connectivity index (χ3v) is 4.99. The van der Waals surface area contributed by atoms with Crippen LogP contribution in [0.4, 0.5) is 15.8 Å². The number of nitrogens with one attached hydrogen (secondary N) is 1. The van der Waals surface area contributed by atoms with E-state index in [1.54, 1.807) is 48.9 Å². The first-order valence-electron chi connectivity index (χ1n) is 8.19. The predicted molar refractivity (Wildman–Crippen MR) is 104 cm³/mol. The van der Waals surface area contributed by atoms with E-state index in [2.05, 4.69) is 15.5 Å². The van der Waals surface area contributed by atoms with Gasteiger partial charge < -0.3 is 9.88 Å². The Morgan fingerprint density at radius 2 is 2.04 bits per heavy atom. The van der Waals surface area contributed by atoms with Crippen LogP contribution in [-0.2, 0) is 11.8 Å². The highest BCUT2D eigenvalue weighted by molar-refractivity contribution is 7.99. The molecule has 1 amide bonds. The van der Waals surface area contributed by atoms with Crippen molar-refractivity contribution in [2.45, 2.75) is 12.1 Å². The van der Waals surface area contributed by atoms with Gasteiger partial charge in [0, 0.05) is 24.4 Å². The van der Waals surface area contributed by atoms with Gasteiger partial charge in [-0.15, -0.1) is 10.2 Å². The third-order valence-electron chi connectivity index (χ3n) is 3.97. The molecule has 0 bridgehead atoms. The lowest BCUT2D eigenvalue weighted by Gasteiger charge is -2.07. The maximum absolute atomic E-state index is 13.9. The second kappa shape index (κ2) is 8.17. The minimum absolute atomic E-state index is 0.0188. The molecule has 3 aromatic rings. The van der Waals surface area contributed by atoms with Crippen molar-refractivity contribution >= 4 is 29.0 Å². The van der Waals surface area contributed by atoms with Crippen LogP contribution in [0.3, 0.4) is 0 Å². The van der Waals surface area contributed by atoms with E-state index in [0.717, 1.165) is 11.8 Å². The van der Waals surface area contributed by atoms with Crippen molar-refractivity contribution in [2.24, 2.45) is 7.05 Å². The van der Waals surface area contributed by atoms with Gasteiger partial charge in [0.25, 0.3) is 5.69 Å². The number of aryl methyl sites for hydroxylation is 1. The number of nitro benzene ring substituents is 1. The van der Waals surface area contributed by atoms with Gasteiger partial charge in [0.05, 0.1) is 16.2 Å². The van der Waals surface area contributed by atoms with E-state index >= 15 is 0 Å². The number of benzene rings is 2. The summed E-state index contributed by atoms with van der Waals surface area (Å²) < 4.78 is 15.5. The molecule has 0 saturated heterocycles. The Balaban J connectivity index is 1.67. The van der Waals surface area contributed by atoms with Gasteiger partial charge in [0.15, 0.2) is 11.0 Å². The van der Waals surface area contributed by atoms with Gasteiger partial charge in [-0.2, -0.15) is 0 Å². The summed E-state index contributed by atoms with van der Waals surface area (Å²) in [6.45, 7) is 1.63. The lowest BCUT2D eigenvalue weighted by molar-refractivity contribution is -0.385. The zero-order valence-electron chi connectivity index (χ0n) is 15.0. The summed E-state index contributed by atoms with van der Waals surface area (Å²) in [4.78, 5) is 22.7. The molecule has 28 heavy (non-hydrogen) atoms. The van der Waals surface area contributed by atoms with Crippen molar-refractivity contribution in [1.29, 1.82) is 0 Å². The van der Waals surface area contributed by atoms with Crippen LogP contribution >= 0.6 is 11.8 Å². The van der Waals surface area contributed by atoms with Gasteiger partial charge in [0.1, 0.15) is 5.82 Å². The number of hydrogen-bond acceptors (Lipinski definition) is 6. The van der Waals surface area contributed by atoms with Gasteiger partial charge in [-0.05, 0) is 25.1 Å². The number of hydrogen-bond donors (Lipinski definition) is 1. The van der Waals surface area contributed by atoms with Gasteiger partial charge in [-0.25, -0.2) is 4.39 Å². The molecular weight excluding hydrogens is 385 g/mol. The molecule has 0 radical (unpaired) electrons. The van der Waals surface area contributed by atoms with E-state index in [9.17, 15) is 19.3 Å². The molecular formula is C18H16FN5O3S.